The van der Waals surface area contributed by atoms with Crippen molar-refractivity contribution < 1.29 is 18.8 Å². The highest BCUT2D eigenvalue weighted by molar-refractivity contribution is 7.75. The highest BCUT2D eigenvalue weighted by Crippen LogP contribution is 2.53. The molecule has 8 heteroatoms. The molecule has 166 valence electrons. The Morgan fingerprint density at radius 2 is 0.967 bits per heavy atom. The predicted molar refractivity (Wildman–Crippen MR) is 130 cm³/mol. The molecule has 2 atom stereocenters. The molecule has 0 aliphatic rings. The van der Waals surface area contributed by atoms with E-state index in [2.05, 4.69) is 41.5 Å². The van der Waals surface area contributed by atoms with Crippen LogP contribution >= 0.6 is 37.9 Å². The van der Waals surface area contributed by atoms with E-state index in [0.29, 0.717) is 11.5 Å². The van der Waals surface area contributed by atoms with Crippen molar-refractivity contribution in [3.63, 3.8) is 0 Å². The van der Waals surface area contributed by atoms with E-state index < -0.39 is 15.5 Å². The van der Waals surface area contributed by atoms with Gasteiger partial charge < -0.3 is 18.8 Å². The van der Waals surface area contributed by atoms with Gasteiger partial charge in [-0.25, -0.2) is 0 Å². The summed E-state index contributed by atoms with van der Waals surface area (Å²) in [6.07, 6.45) is 0. The van der Waals surface area contributed by atoms with Crippen molar-refractivity contribution in [1.29, 1.82) is 0 Å². The average molecular weight is 491 g/mol. The molecule has 0 amide bonds. The minimum atomic E-state index is -2.16. The second-order valence-corrected chi connectivity index (χ2v) is 12.5. The number of hydrogen-bond acceptors (Lipinski definition) is 4. The van der Waals surface area contributed by atoms with Crippen LogP contribution in [0.5, 0.6) is 11.5 Å². The zero-order valence-corrected chi connectivity index (χ0v) is 22.0. The molecule has 2 unspecified atom stereocenters. The maximum Gasteiger partial charge on any atom is 0.335 e. The SMILES string of the molecule is Cc1cc(-c2cc(C)cc(C(C)(C)C)c2OP(O)Cl)c(OP(O)Cl)c(C(C)(C)C)c1. The van der Waals surface area contributed by atoms with Crippen molar-refractivity contribution >= 4 is 37.9 Å². The zero-order valence-electron chi connectivity index (χ0n) is 18.7. The van der Waals surface area contributed by atoms with Gasteiger partial charge in [0.25, 0.3) is 0 Å². The molecule has 2 rings (SSSR count). The van der Waals surface area contributed by atoms with Crippen molar-refractivity contribution in [3.05, 3.63) is 46.5 Å². The molecule has 0 fully saturated rings. The summed E-state index contributed by atoms with van der Waals surface area (Å²) in [6, 6.07) is 8.02. The molecule has 2 aromatic carbocycles. The van der Waals surface area contributed by atoms with Crippen LogP contribution in [0.15, 0.2) is 24.3 Å². The topological polar surface area (TPSA) is 58.9 Å². The monoisotopic (exact) mass is 490 g/mol. The van der Waals surface area contributed by atoms with Gasteiger partial charge in [-0.05, 0) is 70.4 Å². The number of benzene rings is 2. The fraction of sp³-hybridized carbons (Fsp3) is 0.455. The molecule has 0 aliphatic heterocycles. The molecular weight excluding hydrogens is 461 g/mol. The zero-order chi connectivity index (χ0) is 23.0. The third-order valence-electron chi connectivity index (χ3n) is 4.71. The number of hydrogen-bond donors (Lipinski definition) is 2. The summed E-state index contributed by atoms with van der Waals surface area (Å²) in [5, 5.41) is 0. The van der Waals surface area contributed by atoms with Crippen molar-refractivity contribution in [1.82, 2.24) is 0 Å². The Bertz CT molecular complexity index is 841. The largest absolute Gasteiger partial charge is 0.435 e. The van der Waals surface area contributed by atoms with Gasteiger partial charge in [0.2, 0.25) is 0 Å². The van der Waals surface area contributed by atoms with Crippen LogP contribution in [0.3, 0.4) is 0 Å². The predicted octanol–water partition coefficient (Wildman–Crippen LogP) is 8.24. The molecule has 4 nitrogen and oxygen atoms in total. The smallest absolute Gasteiger partial charge is 0.335 e. The lowest BCUT2D eigenvalue weighted by Gasteiger charge is -2.29. The standard InChI is InChI=1S/C22H30Cl2O4P2/c1-13-9-15(19(27-29(23)25)17(11-13)21(3,4)5)16-10-14(2)12-18(22(6,7)8)20(16)28-30(24)26/h9-12,25-26H,1-8H3. The maximum atomic E-state index is 9.91. The van der Waals surface area contributed by atoms with E-state index in [1.165, 1.54) is 0 Å². The Kier molecular flexibility index (Phi) is 8.12. The van der Waals surface area contributed by atoms with Gasteiger partial charge in [0.1, 0.15) is 11.5 Å². The van der Waals surface area contributed by atoms with Gasteiger partial charge >= 0.3 is 15.5 Å². The van der Waals surface area contributed by atoms with E-state index in [1.807, 2.05) is 38.1 Å². The molecule has 0 saturated heterocycles. The fourth-order valence-corrected chi connectivity index (χ4v) is 4.52. The van der Waals surface area contributed by atoms with Crippen molar-refractivity contribution in [2.75, 3.05) is 0 Å². The number of halogens is 2. The molecule has 0 aliphatic carbocycles. The number of aryl methyl sites for hydroxylation is 2. The van der Waals surface area contributed by atoms with Crippen LogP contribution in [0.4, 0.5) is 0 Å². The minimum Gasteiger partial charge on any atom is -0.435 e. The summed E-state index contributed by atoms with van der Waals surface area (Å²) >= 11 is 11.8. The van der Waals surface area contributed by atoms with Gasteiger partial charge in [0.05, 0.1) is 0 Å². The first-order chi connectivity index (χ1) is 13.6. The van der Waals surface area contributed by atoms with Gasteiger partial charge in [-0.3, -0.25) is 0 Å². The maximum absolute atomic E-state index is 9.91. The van der Waals surface area contributed by atoms with E-state index in [-0.39, 0.29) is 10.8 Å². The van der Waals surface area contributed by atoms with E-state index >= 15 is 0 Å². The minimum absolute atomic E-state index is 0.258. The Balaban J connectivity index is 2.99. The van der Waals surface area contributed by atoms with Gasteiger partial charge in [-0.15, -0.1) is 0 Å². The van der Waals surface area contributed by atoms with Crippen LogP contribution in [0.1, 0.15) is 63.8 Å². The molecule has 0 saturated carbocycles. The summed E-state index contributed by atoms with van der Waals surface area (Å²) in [7, 11) is -4.32. The van der Waals surface area contributed by atoms with Gasteiger partial charge in [-0.2, -0.15) is 0 Å². The summed E-state index contributed by atoms with van der Waals surface area (Å²) in [6.45, 7) is 16.5. The summed E-state index contributed by atoms with van der Waals surface area (Å²) in [5.41, 5.74) is 4.85. The molecule has 0 bridgehead atoms. The van der Waals surface area contributed by atoms with Crippen molar-refractivity contribution in [2.24, 2.45) is 0 Å². The summed E-state index contributed by atoms with van der Waals surface area (Å²) in [5.74, 6) is 1.01. The highest BCUT2D eigenvalue weighted by atomic mass is 35.7. The van der Waals surface area contributed by atoms with Crippen molar-refractivity contribution in [2.45, 2.75) is 66.2 Å². The molecule has 0 aromatic heterocycles. The highest BCUT2D eigenvalue weighted by Gasteiger charge is 2.29. The molecular formula is C22H30Cl2O4P2. The Morgan fingerprint density at radius 1 is 0.667 bits per heavy atom. The lowest BCUT2D eigenvalue weighted by Crippen LogP contribution is -2.15. The van der Waals surface area contributed by atoms with Crippen molar-refractivity contribution in [3.8, 4) is 22.6 Å². The first-order valence-electron chi connectivity index (χ1n) is 9.57. The lowest BCUT2D eigenvalue weighted by molar-refractivity contribution is 0.479. The van der Waals surface area contributed by atoms with Crippen LogP contribution in [0.25, 0.3) is 11.1 Å². The molecule has 0 spiro atoms. The second-order valence-electron chi connectivity index (χ2n) is 9.51. The fourth-order valence-electron chi connectivity index (χ4n) is 3.41. The Labute approximate surface area is 191 Å². The Hall–Kier alpha value is -0.600. The molecule has 2 aromatic rings. The quantitative estimate of drug-likeness (QED) is 0.414. The van der Waals surface area contributed by atoms with E-state index in [9.17, 15) is 9.79 Å². The summed E-state index contributed by atoms with van der Waals surface area (Å²) in [4.78, 5) is 19.8. The normalized spacial score (nSPS) is 14.4. The van der Waals surface area contributed by atoms with Crippen LogP contribution in [-0.2, 0) is 10.8 Å². The van der Waals surface area contributed by atoms with E-state index in [4.69, 9.17) is 31.5 Å². The Morgan fingerprint density at radius 3 is 1.20 bits per heavy atom. The van der Waals surface area contributed by atoms with E-state index in [1.54, 1.807) is 0 Å². The first kappa shape index (κ1) is 25.7. The van der Waals surface area contributed by atoms with Crippen LogP contribution in [-0.4, -0.2) is 9.79 Å². The lowest BCUT2D eigenvalue weighted by atomic mass is 9.80. The third-order valence-corrected chi connectivity index (χ3v) is 5.79. The third kappa shape index (κ3) is 6.22. The van der Waals surface area contributed by atoms with Gasteiger partial charge in [-0.1, -0.05) is 53.7 Å². The molecule has 30 heavy (non-hydrogen) atoms. The molecule has 2 N–H and O–H groups in total. The van der Waals surface area contributed by atoms with E-state index in [0.717, 1.165) is 33.4 Å². The second kappa shape index (κ2) is 9.49. The van der Waals surface area contributed by atoms with Crippen LogP contribution < -0.4 is 9.05 Å². The first-order valence-corrected chi connectivity index (χ1v) is 13.8. The molecule has 0 radical (unpaired) electrons. The average Bonchev–Trinajstić information content (AvgIpc) is 2.54. The number of rotatable bonds is 5. The van der Waals surface area contributed by atoms with Gasteiger partial charge in [0.15, 0.2) is 0 Å². The van der Waals surface area contributed by atoms with Crippen LogP contribution in [0.2, 0.25) is 0 Å². The van der Waals surface area contributed by atoms with Gasteiger partial charge in [0, 0.05) is 22.3 Å². The van der Waals surface area contributed by atoms with Crippen LogP contribution in [0, 0.1) is 13.8 Å². The summed E-state index contributed by atoms with van der Waals surface area (Å²) < 4.78 is 11.6. The molecule has 0 heterocycles.